The quantitative estimate of drug-likeness (QED) is 0.379. The number of halogens is 3. The summed E-state index contributed by atoms with van der Waals surface area (Å²) in [5.41, 5.74) is 8.87. The molecule has 0 aromatic heterocycles. The van der Waals surface area contributed by atoms with Crippen LogP contribution in [0.15, 0.2) is 68.9 Å². The Balaban J connectivity index is 1.54. The Morgan fingerprint density at radius 2 is 1.76 bits per heavy atom. The number of fused-ring (bicyclic) bond motifs is 2. The van der Waals surface area contributed by atoms with Gasteiger partial charge in [0.05, 0.1) is 14.9 Å². The third-order valence-corrected chi connectivity index (χ3v) is 6.94. The van der Waals surface area contributed by atoms with E-state index in [9.17, 15) is 5.26 Å². The molecule has 2 N–H and O–H groups in total. The molecule has 3 aromatic rings. The summed E-state index contributed by atoms with van der Waals surface area (Å²) in [6.07, 6.45) is 0. The van der Waals surface area contributed by atoms with Gasteiger partial charge < -0.3 is 24.7 Å². The van der Waals surface area contributed by atoms with Crippen LogP contribution in [0.5, 0.6) is 23.0 Å². The zero-order valence-electron chi connectivity index (χ0n) is 16.9. The summed E-state index contributed by atoms with van der Waals surface area (Å²) in [5.74, 6) is 1.90. The van der Waals surface area contributed by atoms with E-state index in [-0.39, 0.29) is 12.7 Å². The summed E-state index contributed by atoms with van der Waals surface area (Å²) < 4.78 is 24.2. The van der Waals surface area contributed by atoms with Crippen LogP contribution in [0.1, 0.15) is 22.6 Å². The van der Waals surface area contributed by atoms with E-state index in [1.54, 1.807) is 6.07 Å². The summed E-state index contributed by atoms with van der Waals surface area (Å²) >= 11 is 13.5. The molecule has 0 fully saturated rings. The van der Waals surface area contributed by atoms with E-state index < -0.39 is 5.92 Å². The van der Waals surface area contributed by atoms with Crippen molar-refractivity contribution in [1.82, 2.24) is 0 Å². The number of allylic oxidation sites excluding steroid dienone is 1. The van der Waals surface area contributed by atoms with Gasteiger partial charge in [0.25, 0.3) is 0 Å². The first-order chi connectivity index (χ1) is 16.0. The van der Waals surface area contributed by atoms with Crippen LogP contribution in [0, 0.1) is 11.3 Å². The molecular weight excluding hydrogens is 576 g/mol. The number of hydrogen-bond donors (Lipinski definition) is 1. The standard InChI is InChI=1S/C24H15Br2ClN2O4/c25-16-5-13(6-17(26)23(16)30-10-12-3-1-2-4-18(12)27)22-14-7-20-21(32-11-31-20)8-19(14)33-24(29)15(22)9-28/h1-8,22H,10-11,29H2/t22-/m1/s1. The smallest absolute Gasteiger partial charge is 0.231 e. The van der Waals surface area contributed by atoms with Gasteiger partial charge in [-0.1, -0.05) is 29.8 Å². The molecule has 5 rings (SSSR count). The Kier molecular flexibility index (Phi) is 5.87. The van der Waals surface area contributed by atoms with Crippen LogP contribution >= 0.6 is 43.5 Å². The zero-order chi connectivity index (χ0) is 23.1. The molecule has 1 atom stereocenters. The Hall–Kier alpha value is -2.86. The second-order valence-corrected chi connectivity index (χ2v) is 9.48. The van der Waals surface area contributed by atoms with Gasteiger partial charge in [0.2, 0.25) is 12.7 Å². The van der Waals surface area contributed by atoms with E-state index in [1.807, 2.05) is 42.5 Å². The number of hydrogen-bond acceptors (Lipinski definition) is 6. The largest absolute Gasteiger partial charge is 0.486 e. The van der Waals surface area contributed by atoms with Crippen LogP contribution in [-0.4, -0.2) is 6.79 Å². The molecule has 0 saturated heterocycles. The summed E-state index contributed by atoms with van der Waals surface area (Å²) in [4.78, 5) is 0. The Labute approximate surface area is 211 Å². The topological polar surface area (TPSA) is 86.7 Å². The molecular formula is C24H15Br2ClN2O4. The van der Waals surface area contributed by atoms with Gasteiger partial charge in [-0.25, -0.2) is 0 Å². The highest BCUT2D eigenvalue weighted by Gasteiger charge is 2.34. The molecule has 0 aliphatic carbocycles. The fourth-order valence-electron chi connectivity index (χ4n) is 3.84. The minimum atomic E-state index is -0.460. The maximum atomic E-state index is 9.86. The van der Waals surface area contributed by atoms with Crippen molar-refractivity contribution in [3.63, 3.8) is 0 Å². The van der Waals surface area contributed by atoms with E-state index in [2.05, 4.69) is 37.9 Å². The number of nitriles is 1. The first-order valence-corrected chi connectivity index (χ1v) is 11.8. The SMILES string of the molecule is N#CC1=C(N)Oc2cc3c(cc2[C@H]1c1cc(Br)c(OCc2ccccc2Cl)c(Br)c1)OCO3. The van der Waals surface area contributed by atoms with Gasteiger partial charge in [0, 0.05) is 22.2 Å². The molecule has 2 aliphatic rings. The van der Waals surface area contributed by atoms with Crippen LogP contribution in [0.4, 0.5) is 0 Å². The van der Waals surface area contributed by atoms with Crippen molar-refractivity contribution in [3.05, 3.63) is 90.6 Å². The average Bonchev–Trinajstić information content (AvgIpc) is 3.24. The second kappa shape index (κ2) is 8.82. The van der Waals surface area contributed by atoms with Gasteiger partial charge in [-0.15, -0.1) is 0 Å². The molecule has 0 spiro atoms. The van der Waals surface area contributed by atoms with E-state index in [0.29, 0.717) is 49.1 Å². The second-order valence-electron chi connectivity index (χ2n) is 7.36. The maximum Gasteiger partial charge on any atom is 0.231 e. The predicted molar refractivity (Wildman–Crippen MR) is 129 cm³/mol. The van der Waals surface area contributed by atoms with E-state index in [0.717, 1.165) is 16.7 Å². The third kappa shape index (κ3) is 4.01. The minimum absolute atomic E-state index is 0.0557. The van der Waals surface area contributed by atoms with Gasteiger partial charge in [-0.3, -0.25) is 0 Å². The molecule has 2 aliphatic heterocycles. The van der Waals surface area contributed by atoms with Gasteiger partial charge in [0.15, 0.2) is 11.5 Å². The Morgan fingerprint density at radius 3 is 2.45 bits per heavy atom. The lowest BCUT2D eigenvalue weighted by Crippen LogP contribution is -2.21. The highest BCUT2D eigenvalue weighted by Crippen LogP contribution is 2.49. The third-order valence-electron chi connectivity index (χ3n) is 5.39. The molecule has 2 heterocycles. The minimum Gasteiger partial charge on any atom is -0.486 e. The molecule has 3 aromatic carbocycles. The first kappa shape index (κ1) is 22.0. The number of nitrogens with zero attached hydrogens (tertiary/aromatic N) is 1. The van der Waals surface area contributed by atoms with Crippen LogP contribution in [0.3, 0.4) is 0 Å². The van der Waals surface area contributed by atoms with Gasteiger partial charge in [-0.05, 0) is 61.7 Å². The van der Waals surface area contributed by atoms with Crippen molar-refractivity contribution in [3.8, 4) is 29.1 Å². The number of ether oxygens (including phenoxy) is 4. The molecule has 0 bridgehead atoms. The van der Waals surface area contributed by atoms with Crippen LogP contribution in [0.25, 0.3) is 0 Å². The molecule has 0 radical (unpaired) electrons. The molecule has 33 heavy (non-hydrogen) atoms. The zero-order valence-corrected chi connectivity index (χ0v) is 20.8. The molecule has 0 amide bonds. The normalized spacial score (nSPS) is 16.1. The van der Waals surface area contributed by atoms with E-state index >= 15 is 0 Å². The van der Waals surface area contributed by atoms with Crippen LogP contribution in [-0.2, 0) is 6.61 Å². The van der Waals surface area contributed by atoms with Crippen molar-refractivity contribution < 1.29 is 18.9 Å². The lowest BCUT2D eigenvalue weighted by Gasteiger charge is -2.27. The Morgan fingerprint density at radius 1 is 1.06 bits per heavy atom. The van der Waals surface area contributed by atoms with Crippen LogP contribution in [0.2, 0.25) is 5.02 Å². The molecule has 6 nitrogen and oxygen atoms in total. The van der Waals surface area contributed by atoms with Crippen molar-refractivity contribution in [2.24, 2.45) is 5.73 Å². The summed E-state index contributed by atoms with van der Waals surface area (Å²) in [6.45, 7) is 0.432. The monoisotopic (exact) mass is 588 g/mol. The van der Waals surface area contributed by atoms with Gasteiger partial charge >= 0.3 is 0 Å². The first-order valence-electron chi connectivity index (χ1n) is 9.82. The number of rotatable bonds is 4. The average molecular weight is 591 g/mol. The molecule has 0 saturated carbocycles. The van der Waals surface area contributed by atoms with Crippen LogP contribution < -0.4 is 24.7 Å². The lowest BCUT2D eigenvalue weighted by molar-refractivity contribution is 0.174. The molecule has 0 unspecified atom stereocenters. The number of benzene rings is 3. The van der Waals surface area contributed by atoms with E-state index in [4.69, 9.17) is 36.3 Å². The fraction of sp³-hybridized carbons (Fsp3) is 0.125. The predicted octanol–water partition coefficient (Wildman–Crippen LogP) is 6.39. The van der Waals surface area contributed by atoms with Crippen molar-refractivity contribution >= 4 is 43.5 Å². The maximum absolute atomic E-state index is 9.86. The highest BCUT2D eigenvalue weighted by atomic mass is 79.9. The molecule has 9 heteroatoms. The lowest BCUT2D eigenvalue weighted by atomic mass is 9.83. The summed E-state index contributed by atoms with van der Waals surface area (Å²) in [5, 5.41) is 10.5. The Bertz CT molecular complexity index is 1330. The van der Waals surface area contributed by atoms with Gasteiger partial charge in [0.1, 0.15) is 29.7 Å². The molecule has 166 valence electrons. The van der Waals surface area contributed by atoms with Crippen molar-refractivity contribution in [2.45, 2.75) is 12.5 Å². The fourth-order valence-corrected chi connectivity index (χ4v) is 5.48. The van der Waals surface area contributed by atoms with Gasteiger partial charge in [-0.2, -0.15) is 5.26 Å². The summed E-state index contributed by atoms with van der Waals surface area (Å²) in [7, 11) is 0. The number of nitrogens with two attached hydrogens (primary N) is 1. The highest BCUT2D eigenvalue weighted by molar-refractivity contribution is 9.11. The van der Waals surface area contributed by atoms with Crippen molar-refractivity contribution in [2.75, 3.05) is 6.79 Å². The van der Waals surface area contributed by atoms with Crippen molar-refractivity contribution in [1.29, 1.82) is 5.26 Å². The van der Waals surface area contributed by atoms with E-state index in [1.165, 1.54) is 0 Å². The summed E-state index contributed by atoms with van der Waals surface area (Å²) in [6, 6.07) is 17.1.